The fraction of sp³-hybridized carbons (Fsp3) is 0.562. The number of benzene rings is 1. The second-order valence-electron chi connectivity index (χ2n) is 5.65. The number of likely N-dealkylation sites (tertiary alicyclic amines) is 1. The van der Waals surface area contributed by atoms with Crippen molar-refractivity contribution < 1.29 is 9.53 Å². The Morgan fingerprint density at radius 3 is 3.14 bits per heavy atom. The Labute approximate surface area is 126 Å². The van der Waals surface area contributed by atoms with Gasteiger partial charge in [0, 0.05) is 25.9 Å². The molecule has 1 amide bonds. The average Bonchev–Trinajstić information content (AvgIpc) is 2.48. The minimum atomic E-state index is 0.0299. The molecule has 1 fully saturated rings. The predicted octanol–water partition coefficient (Wildman–Crippen LogP) is 1.44. The van der Waals surface area contributed by atoms with Gasteiger partial charge >= 0.3 is 0 Å². The van der Waals surface area contributed by atoms with Crippen molar-refractivity contribution in [2.24, 2.45) is 11.7 Å². The molecule has 5 nitrogen and oxygen atoms in total. The minimum Gasteiger partial charge on any atom is -0.384 e. The number of nitrogens with zero attached hydrogens (tertiary/aromatic N) is 1. The lowest BCUT2D eigenvalue weighted by Gasteiger charge is -2.31. The number of nitrogens with one attached hydrogen (secondary N) is 1. The lowest BCUT2D eigenvalue weighted by atomic mass is 9.99. The van der Waals surface area contributed by atoms with Crippen molar-refractivity contribution in [2.45, 2.75) is 19.4 Å². The molecule has 1 atom stereocenters. The van der Waals surface area contributed by atoms with Gasteiger partial charge in [-0.15, -0.1) is 0 Å². The van der Waals surface area contributed by atoms with Crippen LogP contribution in [-0.2, 0) is 16.1 Å². The third-order valence-corrected chi connectivity index (χ3v) is 3.82. The van der Waals surface area contributed by atoms with Crippen molar-refractivity contribution in [2.75, 3.05) is 38.7 Å². The number of piperidine rings is 1. The summed E-state index contributed by atoms with van der Waals surface area (Å²) in [5.41, 5.74) is 7.44. The summed E-state index contributed by atoms with van der Waals surface area (Å²) < 4.78 is 5.22. The van der Waals surface area contributed by atoms with E-state index in [0.717, 1.165) is 37.4 Å². The lowest BCUT2D eigenvalue weighted by Crippen LogP contribution is -2.41. The molecule has 0 aromatic heterocycles. The molecule has 1 heterocycles. The summed E-state index contributed by atoms with van der Waals surface area (Å²) >= 11 is 0. The van der Waals surface area contributed by atoms with Crippen LogP contribution >= 0.6 is 0 Å². The first-order chi connectivity index (χ1) is 10.2. The molecule has 1 aromatic carbocycles. The number of carbonyl (C=O) groups is 1. The van der Waals surface area contributed by atoms with Gasteiger partial charge in [0.2, 0.25) is 5.91 Å². The molecule has 1 unspecified atom stereocenters. The van der Waals surface area contributed by atoms with Crippen molar-refractivity contribution in [3.05, 3.63) is 29.8 Å². The second-order valence-corrected chi connectivity index (χ2v) is 5.65. The molecule has 1 aromatic rings. The maximum Gasteiger partial charge on any atom is 0.238 e. The normalized spacial score (nSPS) is 19.4. The summed E-state index contributed by atoms with van der Waals surface area (Å²) in [5, 5.41) is 2.94. The van der Waals surface area contributed by atoms with E-state index in [4.69, 9.17) is 10.5 Å². The van der Waals surface area contributed by atoms with E-state index in [1.807, 2.05) is 24.3 Å². The third-order valence-electron chi connectivity index (χ3n) is 3.82. The first kappa shape index (κ1) is 15.9. The second kappa shape index (κ2) is 8.12. The molecule has 0 aliphatic carbocycles. The molecule has 3 N–H and O–H groups in total. The predicted molar refractivity (Wildman–Crippen MR) is 84.0 cm³/mol. The molecular weight excluding hydrogens is 266 g/mol. The van der Waals surface area contributed by atoms with Crippen LogP contribution in [0.3, 0.4) is 0 Å². The zero-order valence-corrected chi connectivity index (χ0v) is 12.7. The fourth-order valence-electron chi connectivity index (χ4n) is 2.85. The number of nitrogens with two attached hydrogens (primary N) is 1. The Balaban J connectivity index is 1.83. The zero-order valence-electron chi connectivity index (χ0n) is 12.7. The van der Waals surface area contributed by atoms with Crippen molar-refractivity contribution in [1.82, 2.24) is 4.90 Å². The molecule has 21 heavy (non-hydrogen) atoms. The van der Waals surface area contributed by atoms with Crippen LogP contribution in [0.15, 0.2) is 24.3 Å². The van der Waals surface area contributed by atoms with Gasteiger partial charge in [0.25, 0.3) is 0 Å². The van der Waals surface area contributed by atoms with Crippen LogP contribution in [0.2, 0.25) is 0 Å². The molecule has 116 valence electrons. The molecule has 1 saturated heterocycles. The van der Waals surface area contributed by atoms with Gasteiger partial charge in [-0.3, -0.25) is 9.69 Å². The average molecular weight is 291 g/mol. The van der Waals surface area contributed by atoms with Crippen LogP contribution in [-0.4, -0.2) is 44.2 Å². The molecule has 0 radical (unpaired) electrons. The van der Waals surface area contributed by atoms with Gasteiger partial charge in [-0.05, 0) is 43.0 Å². The van der Waals surface area contributed by atoms with Gasteiger partial charge in [0.15, 0.2) is 0 Å². The number of hydrogen-bond donors (Lipinski definition) is 2. The summed E-state index contributed by atoms with van der Waals surface area (Å²) in [6.07, 6.45) is 2.31. The third kappa shape index (κ3) is 5.12. The number of anilines is 1. The Kier molecular flexibility index (Phi) is 6.17. The van der Waals surface area contributed by atoms with Crippen LogP contribution in [0.1, 0.15) is 18.4 Å². The van der Waals surface area contributed by atoms with Gasteiger partial charge in [-0.1, -0.05) is 12.1 Å². The first-order valence-electron chi connectivity index (χ1n) is 7.51. The van der Waals surface area contributed by atoms with E-state index in [1.54, 1.807) is 7.11 Å². The molecule has 0 bridgehead atoms. The maximum absolute atomic E-state index is 12.1. The van der Waals surface area contributed by atoms with Crippen LogP contribution in [0.5, 0.6) is 0 Å². The van der Waals surface area contributed by atoms with E-state index < -0.39 is 0 Å². The number of carbonyl (C=O) groups excluding carboxylic acids is 1. The Morgan fingerprint density at radius 1 is 1.52 bits per heavy atom. The monoisotopic (exact) mass is 291 g/mol. The summed E-state index contributed by atoms with van der Waals surface area (Å²) in [7, 11) is 1.73. The zero-order chi connectivity index (χ0) is 15.1. The summed E-state index contributed by atoms with van der Waals surface area (Å²) in [6.45, 7) is 3.61. The van der Waals surface area contributed by atoms with Gasteiger partial charge in [-0.25, -0.2) is 0 Å². The molecule has 2 rings (SSSR count). The van der Waals surface area contributed by atoms with E-state index in [9.17, 15) is 4.79 Å². The Bertz CT molecular complexity index is 463. The smallest absolute Gasteiger partial charge is 0.238 e. The first-order valence-corrected chi connectivity index (χ1v) is 7.51. The fourth-order valence-corrected chi connectivity index (χ4v) is 2.85. The lowest BCUT2D eigenvalue weighted by molar-refractivity contribution is -0.117. The van der Waals surface area contributed by atoms with E-state index in [2.05, 4.69) is 10.2 Å². The number of methoxy groups -OCH3 is 1. The Morgan fingerprint density at radius 2 is 2.38 bits per heavy atom. The highest BCUT2D eigenvalue weighted by atomic mass is 16.5. The molecule has 0 spiro atoms. The standard InChI is InChI=1S/C16H25N3O2/c1-21-12-14-5-3-7-19(10-14)11-16(20)18-15-6-2-4-13(8-15)9-17/h2,4,6,8,14H,3,5,7,9-12,17H2,1H3,(H,18,20). The van der Waals surface area contributed by atoms with Crippen molar-refractivity contribution in [3.63, 3.8) is 0 Å². The van der Waals surface area contributed by atoms with Gasteiger partial charge < -0.3 is 15.8 Å². The number of amides is 1. The quantitative estimate of drug-likeness (QED) is 0.832. The van der Waals surface area contributed by atoms with Crippen molar-refractivity contribution in [3.8, 4) is 0 Å². The maximum atomic E-state index is 12.1. The van der Waals surface area contributed by atoms with Gasteiger partial charge in [-0.2, -0.15) is 0 Å². The summed E-state index contributed by atoms with van der Waals surface area (Å²) in [5.74, 6) is 0.569. The topological polar surface area (TPSA) is 67.6 Å². The number of rotatable bonds is 6. The molecule has 1 aliphatic heterocycles. The highest BCUT2D eigenvalue weighted by molar-refractivity contribution is 5.92. The van der Waals surface area contributed by atoms with Gasteiger partial charge in [0.1, 0.15) is 0 Å². The van der Waals surface area contributed by atoms with E-state index in [1.165, 1.54) is 6.42 Å². The highest BCUT2D eigenvalue weighted by Gasteiger charge is 2.21. The van der Waals surface area contributed by atoms with Crippen LogP contribution in [0.4, 0.5) is 5.69 Å². The largest absolute Gasteiger partial charge is 0.384 e. The van der Waals surface area contributed by atoms with E-state index in [0.29, 0.717) is 19.0 Å². The molecule has 1 aliphatic rings. The van der Waals surface area contributed by atoms with Crippen molar-refractivity contribution in [1.29, 1.82) is 0 Å². The highest BCUT2D eigenvalue weighted by Crippen LogP contribution is 2.16. The summed E-state index contributed by atoms with van der Waals surface area (Å²) in [4.78, 5) is 14.3. The molecule has 5 heteroatoms. The van der Waals surface area contributed by atoms with Crippen LogP contribution < -0.4 is 11.1 Å². The number of ether oxygens (including phenoxy) is 1. The van der Waals surface area contributed by atoms with Crippen molar-refractivity contribution >= 4 is 11.6 Å². The minimum absolute atomic E-state index is 0.0299. The Hall–Kier alpha value is -1.43. The van der Waals surface area contributed by atoms with Crippen LogP contribution in [0, 0.1) is 5.92 Å². The van der Waals surface area contributed by atoms with E-state index >= 15 is 0 Å². The SMILES string of the molecule is COCC1CCCN(CC(=O)Nc2cccc(CN)c2)C1. The molecule has 0 saturated carbocycles. The molecular formula is C16H25N3O2. The van der Waals surface area contributed by atoms with E-state index in [-0.39, 0.29) is 5.91 Å². The number of hydrogen-bond acceptors (Lipinski definition) is 4. The summed E-state index contributed by atoms with van der Waals surface area (Å²) in [6, 6.07) is 7.67. The van der Waals surface area contributed by atoms with Gasteiger partial charge in [0.05, 0.1) is 13.2 Å². The van der Waals surface area contributed by atoms with Crippen LogP contribution in [0.25, 0.3) is 0 Å².